The summed E-state index contributed by atoms with van der Waals surface area (Å²) in [7, 11) is 0. The van der Waals surface area contributed by atoms with E-state index in [1.54, 1.807) is 0 Å². The number of thiazole rings is 1. The number of nitrogens with zero attached hydrogens (tertiary/aromatic N) is 2. The number of benzene rings is 2. The van der Waals surface area contributed by atoms with Crippen LogP contribution >= 0.6 is 35.3 Å². The number of anilines is 1. The third-order valence-electron chi connectivity index (χ3n) is 4.56. The number of halogens is 3. The number of aromatic nitrogens is 1. The molecule has 1 N–H and O–H groups in total. The Kier molecular flexibility index (Phi) is 6.67. The fraction of sp³-hybridized carbons (Fsp3) is 0.200. The van der Waals surface area contributed by atoms with Crippen molar-refractivity contribution in [3.63, 3.8) is 0 Å². The number of nitrogens with one attached hydrogen (secondary N) is 1. The first kappa shape index (κ1) is 20.7. The van der Waals surface area contributed by atoms with Gasteiger partial charge in [0.25, 0.3) is 5.91 Å². The standard InChI is InChI=1S/C20H17ClFN3OS.ClH/c21-16-6-3-7-17(22)18(16)19(26)24-20-23-15(12-27-20)11-25-9-8-13-4-1-2-5-14(13)10-25;/h1-7,12H,8-11H2,(H,23,24,26);1H. The third-order valence-corrected chi connectivity index (χ3v) is 5.68. The molecule has 3 aromatic rings. The molecule has 0 aliphatic carbocycles. The summed E-state index contributed by atoms with van der Waals surface area (Å²) in [5, 5.41) is 5.07. The Morgan fingerprint density at radius 2 is 2.00 bits per heavy atom. The monoisotopic (exact) mass is 437 g/mol. The van der Waals surface area contributed by atoms with E-state index in [4.69, 9.17) is 11.6 Å². The van der Waals surface area contributed by atoms with Crippen molar-refractivity contribution in [1.82, 2.24) is 9.88 Å². The van der Waals surface area contributed by atoms with Crippen LogP contribution in [0.1, 0.15) is 27.2 Å². The van der Waals surface area contributed by atoms with Gasteiger partial charge in [0.15, 0.2) is 5.13 Å². The lowest BCUT2D eigenvalue weighted by atomic mass is 10.00. The molecule has 146 valence electrons. The SMILES string of the molecule is Cl.O=C(Nc1nc(CN2CCc3ccccc3C2)cs1)c1c(F)cccc1Cl. The minimum absolute atomic E-state index is 0. The zero-order valence-electron chi connectivity index (χ0n) is 14.8. The second kappa shape index (κ2) is 9.01. The summed E-state index contributed by atoms with van der Waals surface area (Å²) in [5.74, 6) is -1.24. The molecule has 2 heterocycles. The Morgan fingerprint density at radius 1 is 1.21 bits per heavy atom. The summed E-state index contributed by atoms with van der Waals surface area (Å²) in [4.78, 5) is 19.1. The molecule has 0 radical (unpaired) electrons. The fourth-order valence-corrected chi connectivity index (χ4v) is 4.17. The van der Waals surface area contributed by atoms with Gasteiger partial charge in [0, 0.05) is 25.0 Å². The number of rotatable bonds is 4. The van der Waals surface area contributed by atoms with E-state index in [0.717, 1.165) is 25.2 Å². The van der Waals surface area contributed by atoms with E-state index in [2.05, 4.69) is 39.5 Å². The lowest BCUT2D eigenvalue weighted by Crippen LogP contribution is -2.30. The molecule has 0 saturated heterocycles. The van der Waals surface area contributed by atoms with E-state index in [0.29, 0.717) is 11.7 Å². The van der Waals surface area contributed by atoms with Crippen LogP contribution in [0.5, 0.6) is 0 Å². The topological polar surface area (TPSA) is 45.2 Å². The van der Waals surface area contributed by atoms with Gasteiger partial charge in [-0.2, -0.15) is 0 Å². The fourth-order valence-electron chi connectivity index (χ4n) is 3.23. The number of hydrogen-bond donors (Lipinski definition) is 1. The molecule has 4 nitrogen and oxygen atoms in total. The van der Waals surface area contributed by atoms with Crippen LogP contribution in [0.4, 0.5) is 9.52 Å². The average molecular weight is 438 g/mol. The van der Waals surface area contributed by atoms with Crippen LogP contribution in [0.25, 0.3) is 0 Å². The minimum atomic E-state index is -0.649. The molecule has 0 atom stereocenters. The highest BCUT2D eigenvalue weighted by atomic mass is 35.5. The van der Waals surface area contributed by atoms with E-state index in [1.807, 2.05) is 5.38 Å². The maximum atomic E-state index is 13.9. The average Bonchev–Trinajstić information content (AvgIpc) is 3.08. The van der Waals surface area contributed by atoms with Crippen molar-refractivity contribution in [3.8, 4) is 0 Å². The maximum Gasteiger partial charge on any atom is 0.261 e. The van der Waals surface area contributed by atoms with Crippen LogP contribution in [0.3, 0.4) is 0 Å². The second-order valence-electron chi connectivity index (χ2n) is 6.42. The lowest BCUT2D eigenvalue weighted by Gasteiger charge is -2.27. The third kappa shape index (κ3) is 4.52. The van der Waals surface area contributed by atoms with Crippen LogP contribution in [0.2, 0.25) is 5.02 Å². The summed E-state index contributed by atoms with van der Waals surface area (Å²) in [6.45, 7) is 2.57. The summed E-state index contributed by atoms with van der Waals surface area (Å²) in [5.41, 5.74) is 3.47. The van der Waals surface area contributed by atoms with Gasteiger partial charge in [-0.1, -0.05) is 41.9 Å². The predicted octanol–water partition coefficient (Wildman–Crippen LogP) is 5.17. The van der Waals surface area contributed by atoms with Crippen LogP contribution in [-0.4, -0.2) is 22.3 Å². The molecule has 0 bridgehead atoms. The molecule has 28 heavy (non-hydrogen) atoms. The van der Waals surface area contributed by atoms with Crippen molar-refractivity contribution >= 4 is 46.4 Å². The van der Waals surface area contributed by atoms with E-state index in [-0.39, 0.29) is 23.0 Å². The smallest absolute Gasteiger partial charge is 0.261 e. The number of carbonyl (C=O) groups is 1. The van der Waals surface area contributed by atoms with Gasteiger partial charge in [0.1, 0.15) is 5.82 Å². The molecule has 2 aromatic carbocycles. The van der Waals surface area contributed by atoms with Crippen molar-refractivity contribution in [3.05, 3.63) is 81.1 Å². The van der Waals surface area contributed by atoms with E-state index >= 15 is 0 Å². The van der Waals surface area contributed by atoms with Gasteiger partial charge in [0.05, 0.1) is 16.3 Å². The van der Waals surface area contributed by atoms with Crippen molar-refractivity contribution in [2.75, 3.05) is 11.9 Å². The highest BCUT2D eigenvalue weighted by molar-refractivity contribution is 7.14. The molecule has 1 amide bonds. The van der Waals surface area contributed by atoms with Gasteiger partial charge in [-0.3, -0.25) is 15.0 Å². The first-order valence-corrected chi connectivity index (χ1v) is 9.85. The Hall–Kier alpha value is -1.99. The molecule has 0 spiro atoms. The molecule has 8 heteroatoms. The minimum Gasteiger partial charge on any atom is -0.298 e. The summed E-state index contributed by atoms with van der Waals surface area (Å²) < 4.78 is 13.9. The number of carbonyl (C=O) groups excluding carboxylic acids is 1. The van der Waals surface area contributed by atoms with Gasteiger partial charge in [-0.25, -0.2) is 9.37 Å². The van der Waals surface area contributed by atoms with Crippen molar-refractivity contribution in [2.45, 2.75) is 19.5 Å². The molecular formula is C20H18Cl2FN3OS. The summed E-state index contributed by atoms with van der Waals surface area (Å²) in [6.07, 6.45) is 1.02. The Bertz CT molecular complexity index is 975. The van der Waals surface area contributed by atoms with Gasteiger partial charge in [-0.05, 0) is 29.7 Å². The number of hydrogen-bond acceptors (Lipinski definition) is 4. The van der Waals surface area contributed by atoms with Crippen molar-refractivity contribution < 1.29 is 9.18 Å². The van der Waals surface area contributed by atoms with Crippen molar-refractivity contribution in [2.24, 2.45) is 0 Å². The number of amides is 1. The Morgan fingerprint density at radius 3 is 2.79 bits per heavy atom. The van der Waals surface area contributed by atoms with Crippen LogP contribution in [0.15, 0.2) is 47.8 Å². The first-order chi connectivity index (χ1) is 13.1. The maximum absolute atomic E-state index is 13.9. The highest BCUT2D eigenvalue weighted by Gasteiger charge is 2.19. The second-order valence-corrected chi connectivity index (χ2v) is 7.69. The van der Waals surface area contributed by atoms with Crippen LogP contribution < -0.4 is 5.32 Å². The van der Waals surface area contributed by atoms with Gasteiger partial charge >= 0.3 is 0 Å². The predicted molar refractivity (Wildman–Crippen MR) is 113 cm³/mol. The lowest BCUT2D eigenvalue weighted by molar-refractivity contribution is 0.102. The van der Waals surface area contributed by atoms with Gasteiger partial charge in [0.2, 0.25) is 0 Å². The van der Waals surface area contributed by atoms with E-state index in [9.17, 15) is 9.18 Å². The largest absolute Gasteiger partial charge is 0.298 e. The first-order valence-electron chi connectivity index (χ1n) is 8.59. The van der Waals surface area contributed by atoms with E-state index < -0.39 is 11.7 Å². The van der Waals surface area contributed by atoms with Crippen molar-refractivity contribution in [1.29, 1.82) is 0 Å². The quantitative estimate of drug-likeness (QED) is 0.612. The molecule has 4 rings (SSSR count). The summed E-state index contributed by atoms with van der Waals surface area (Å²) in [6, 6.07) is 12.6. The van der Waals surface area contributed by atoms with E-state index in [1.165, 1.54) is 40.7 Å². The van der Waals surface area contributed by atoms with Gasteiger partial charge in [-0.15, -0.1) is 23.7 Å². The highest BCUT2D eigenvalue weighted by Crippen LogP contribution is 2.24. The molecule has 0 fully saturated rings. The molecular weight excluding hydrogens is 420 g/mol. The Balaban J connectivity index is 0.00000225. The normalized spacial score (nSPS) is 13.5. The zero-order chi connectivity index (χ0) is 18.8. The zero-order valence-corrected chi connectivity index (χ0v) is 17.2. The van der Waals surface area contributed by atoms with Gasteiger partial charge < -0.3 is 0 Å². The van der Waals surface area contributed by atoms with Crippen LogP contribution in [-0.2, 0) is 19.5 Å². The summed E-state index contributed by atoms with van der Waals surface area (Å²) >= 11 is 7.26. The molecule has 1 aromatic heterocycles. The molecule has 1 aliphatic heterocycles. The Labute approximate surface area is 177 Å². The molecule has 0 unspecified atom stereocenters. The number of fused-ring (bicyclic) bond motifs is 1. The molecule has 0 saturated carbocycles. The van der Waals surface area contributed by atoms with Crippen LogP contribution in [0, 0.1) is 5.82 Å². The molecule has 1 aliphatic rings.